The van der Waals surface area contributed by atoms with Crippen LogP contribution in [0.25, 0.3) is 21.3 Å². The quantitative estimate of drug-likeness (QED) is 0.392. The Morgan fingerprint density at radius 1 is 1.07 bits per heavy atom. The summed E-state index contributed by atoms with van der Waals surface area (Å²) in [5, 5.41) is 0.738. The van der Waals surface area contributed by atoms with E-state index in [1.807, 2.05) is 42.5 Å². The highest BCUT2D eigenvalue weighted by atomic mass is 79.9. The van der Waals surface area contributed by atoms with Crippen LogP contribution in [0, 0.1) is 6.92 Å². The van der Waals surface area contributed by atoms with E-state index in [2.05, 4.69) is 40.0 Å². The predicted octanol–water partition coefficient (Wildman–Crippen LogP) is 5.83. The van der Waals surface area contributed by atoms with E-state index in [0.717, 1.165) is 43.5 Å². The summed E-state index contributed by atoms with van der Waals surface area (Å²) < 4.78 is 2.78. The SMILES string of the molecule is Cc1sc2ncn(CCCc3ccccc3)c(=O)c2c1-c1ccc(Br)cc1. The number of fused-ring (bicyclic) bond motifs is 1. The molecule has 0 atom stereocenters. The molecule has 0 radical (unpaired) electrons. The third-order valence-electron chi connectivity index (χ3n) is 4.69. The molecule has 0 fully saturated rings. The van der Waals surface area contributed by atoms with E-state index in [9.17, 15) is 4.79 Å². The molecule has 0 aliphatic heterocycles. The number of halogens is 1. The van der Waals surface area contributed by atoms with Crippen molar-refractivity contribution in [2.75, 3.05) is 0 Å². The molecule has 2 heterocycles. The zero-order valence-corrected chi connectivity index (χ0v) is 17.4. The van der Waals surface area contributed by atoms with Crippen LogP contribution in [-0.2, 0) is 13.0 Å². The van der Waals surface area contributed by atoms with Crippen LogP contribution in [0.1, 0.15) is 16.9 Å². The summed E-state index contributed by atoms with van der Waals surface area (Å²) in [5.74, 6) is 0. The molecule has 0 spiro atoms. The van der Waals surface area contributed by atoms with Gasteiger partial charge in [0, 0.05) is 21.5 Å². The largest absolute Gasteiger partial charge is 0.299 e. The normalized spacial score (nSPS) is 11.2. The first kappa shape index (κ1) is 18.1. The van der Waals surface area contributed by atoms with Crippen molar-refractivity contribution in [1.82, 2.24) is 9.55 Å². The number of aromatic nitrogens is 2. The second-order valence-electron chi connectivity index (χ2n) is 6.55. The summed E-state index contributed by atoms with van der Waals surface area (Å²) in [6, 6.07) is 18.5. The topological polar surface area (TPSA) is 34.9 Å². The molecular formula is C22H19BrN2OS. The van der Waals surface area contributed by atoms with Crippen molar-refractivity contribution in [3.05, 3.63) is 86.2 Å². The van der Waals surface area contributed by atoms with E-state index in [0.29, 0.717) is 6.54 Å². The second-order valence-corrected chi connectivity index (χ2v) is 8.67. The van der Waals surface area contributed by atoms with Crippen molar-refractivity contribution < 1.29 is 0 Å². The summed E-state index contributed by atoms with van der Waals surface area (Å²) in [5.41, 5.74) is 3.41. The summed E-state index contributed by atoms with van der Waals surface area (Å²) in [7, 11) is 0. The van der Waals surface area contributed by atoms with E-state index in [1.54, 1.807) is 22.2 Å². The lowest BCUT2D eigenvalue weighted by atomic mass is 10.0. The van der Waals surface area contributed by atoms with Crippen molar-refractivity contribution in [1.29, 1.82) is 0 Å². The first-order valence-electron chi connectivity index (χ1n) is 8.92. The second kappa shape index (κ2) is 7.79. The van der Waals surface area contributed by atoms with Crippen LogP contribution in [0.15, 0.2) is 70.2 Å². The molecule has 0 saturated heterocycles. The summed E-state index contributed by atoms with van der Waals surface area (Å²) in [6.45, 7) is 2.73. The smallest absolute Gasteiger partial charge is 0.262 e. The fourth-order valence-electron chi connectivity index (χ4n) is 3.36. The Labute approximate surface area is 170 Å². The van der Waals surface area contributed by atoms with Gasteiger partial charge in [-0.2, -0.15) is 0 Å². The van der Waals surface area contributed by atoms with Crippen LogP contribution in [0.3, 0.4) is 0 Å². The van der Waals surface area contributed by atoms with Crippen molar-refractivity contribution >= 4 is 37.5 Å². The maximum Gasteiger partial charge on any atom is 0.262 e. The van der Waals surface area contributed by atoms with E-state index in [4.69, 9.17) is 0 Å². The van der Waals surface area contributed by atoms with Crippen molar-refractivity contribution in [3.63, 3.8) is 0 Å². The van der Waals surface area contributed by atoms with E-state index < -0.39 is 0 Å². The molecule has 136 valence electrons. The van der Waals surface area contributed by atoms with E-state index >= 15 is 0 Å². The van der Waals surface area contributed by atoms with Gasteiger partial charge in [-0.1, -0.05) is 58.4 Å². The van der Waals surface area contributed by atoms with Gasteiger partial charge in [-0.05, 0) is 43.0 Å². The first-order valence-corrected chi connectivity index (χ1v) is 10.5. The van der Waals surface area contributed by atoms with Crippen LogP contribution in [0.5, 0.6) is 0 Å². The van der Waals surface area contributed by atoms with Crippen LogP contribution >= 0.6 is 27.3 Å². The molecular weight excluding hydrogens is 420 g/mol. The van der Waals surface area contributed by atoms with Gasteiger partial charge in [0.15, 0.2) is 0 Å². The average molecular weight is 439 g/mol. The molecule has 3 nitrogen and oxygen atoms in total. The molecule has 27 heavy (non-hydrogen) atoms. The highest BCUT2D eigenvalue weighted by Crippen LogP contribution is 2.35. The van der Waals surface area contributed by atoms with Gasteiger partial charge in [-0.3, -0.25) is 9.36 Å². The predicted molar refractivity (Wildman–Crippen MR) is 117 cm³/mol. The zero-order chi connectivity index (χ0) is 18.8. The summed E-state index contributed by atoms with van der Waals surface area (Å²) >= 11 is 5.06. The first-order chi connectivity index (χ1) is 13.1. The number of hydrogen-bond acceptors (Lipinski definition) is 3. The average Bonchev–Trinajstić information content (AvgIpc) is 3.02. The minimum absolute atomic E-state index is 0.0512. The Balaban J connectivity index is 1.67. The van der Waals surface area contributed by atoms with Crippen LogP contribution in [0.2, 0.25) is 0 Å². The van der Waals surface area contributed by atoms with Gasteiger partial charge in [0.1, 0.15) is 4.83 Å². The number of nitrogens with zero attached hydrogens (tertiary/aromatic N) is 2. The van der Waals surface area contributed by atoms with Crippen LogP contribution in [0.4, 0.5) is 0 Å². The molecule has 4 aromatic rings. The monoisotopic (exact) mass is 438 g/mol. The van der Waals surface area contributed by atoms with Gasteiger partial charge in [0.25, 0.3) is 5.56 Å². The molecule has 0 bridgehead atoms. The van der Waals surface area contributed by atoms with Crippen molar-refractivity contribution in [3.8, 4) is 11.1 Å². The number of hydrogen-bond donors (Lipinski definition) is 0. The minimum Gasteiger partial charge on any atom is -0.299 e. The maximum absolute atomic E-state index is 13.2. The zero-order valence-electron chi connectivity index (χ0n) is 15.0. The Morgan fingerprint density at radius 2 is 1.81 bits per heavy atom. The third-order valence-corrected chi connectivity index (χ3v) is 6.24. The fraction of sp³-hybridized carbons (Fsp3) is 0.182. The summed E-state index contributed by atoms with van der Waals surface area (Å²) in [4.78, 5) is 19.7. The lowest BCUT2D eigenvalue weighted by molar-refractivity contribution is 0.618. The Kier molecular flexibility index (Phi) is 5.23. The highest BCUT2D eigenvalue weighted by molar-refractivity contribution is 9.10. The fourth-order valence-corrected chi connectivity index (χ4v) is 4.63. The number of aryl methyl sites for hydroxylation is 3. The number of thiophene rings is 1. The molecule has 4 rings (SSSR count). The van der Waals surface area contributed by atoms with Crippen molar-refractivity contribution in [2.24, 2.45) is 0 Å². The molecule has 0 saturated carbocycles. The number of benzene rings is 2. The highest BCUT2D eigenvalue weighted by Gasteiger charge is 2.16. The number of rotatable bonds is 5. The van der Waals surface area contributed by atoms with Crippen LogP contribution in [-0.4, -0.2) is 9.55 Å². The molecule has 0 aliphatic carbocycles. The molecule has 0 amide bonds. The van der Waals surface area contributed by atoms with Gasteiger partial charge < -0.3 is 0 Å². The standard InChI is InChI=1S/C22H19BrN2OS/c1-15-19(17-9-11-18(23)12-10-17)20-21(27-15)24-14-25(22(20)26)13-5-8-16-6-3-2-4-7-16/h2-4,6-7,9-12,14H,5,8,13H2,1H3. The lowest BCUT2D eigenvalue weighted by Crippen LogP contribution is -2.20. The van der Waals surface area contributed by atoms with Gasteiger partial charge in [0.05, 0.1) is 11.7 Å². The van der Waals surface area contributed by atoms with Gasteiger partial charge in [-0.25, -0.2) is 4.98 Å². The molecule has 5 heteroatoms. The Bertz CT molecular complexity index is 1130. The molecule has 2 aromatic heterocycles. The van der Waals surface area contributed by atoms with E-state index in [1.165, 1.54) is 5.56 Å². The maximum atomic E-state index is 13.2. The molecule has 0 unspecified atom stereocenters. The summed E-state index contributed by atoms with van der Waals surface area (Å²) in [6.07, 6.45) is 3.55. The third kappa shape index (κ3) is 3.75. The Morgan fingerprint density at radius 3 is 2.56 bits per heavy atom. The minimum atomic E-state index is 0.0512. The van der Waals surface area contributed by atoms with Gasteiger partial charge in [-0.15, -0.1) is 11.3 Å². The molecule has 0 N–H and O–H groups in total. The Hall–Kier alpha value is -2.24. The molecule has 2 aromatic carbocycles. The van der Waals surface area contributed by atoms with Gasteiger partial charge in [0.2, 0.25) is 0 Å². The molecule has 0 aliphatic rings. The lowest BCUT2D eigenvalue weighted by Gasteiger charge is -2.07. The van der Waals surface area contributed by atoms with Crippen LogP contribution < -0.4 is 5.56 Å². The van der Waals surface area contributed by atoms with Gasteiger partial charge >= 0.3 is 0 Å². The van der Waals surface area contributed by atoms with Crippen molar-refractivity contribution in [2.45, 2.75) is 26.3 Å². The van der Waals surface area contributed by atoms with E-state index in [-0.39, 0.29) is 5.56 Å².